The summed E-state index contributed by atoms with van der Waals surface area (Å²) >= 11 is 0. The molecule has 1 aliphatic rings. The first-order valence-electron chi connectivity index (χ1n) is 9.33. The van der Waals surface area contributed by atoms with Crippen LogP contribution in [0.25, 0.3) is 0 Å². The summed E-state index contributed by atoms with van der Waals surface area (Å²) in [6.07, 6.45) is 0.672. The molecular weight excluding hydrogens is 364 g/mol. The number of benzene rings is 1. The third-order valence-electron chi connectivity index (χ3n) is 5.09. The van der Waals surface area contributed by atoms with Crippen LogP contribution in [-0.4, -0.2) is 55.8 Å². The van der Waals surface area contributed by atoms with E-state index in [0.717, 1.165) is 0 Å². The average molecular weight is 392 g/mol. The van der Waals surface area contributed by atoms with Crippen LogP contribution in [0.5, 0.6) is 5.75 Å². The number of ether oxygens (including phenoxy) is 2. The lowest BCUT2D eigenvalue weighted by Gasteiger charge is -2.34. The minimum absolute atomic E-state index is 0.00171. The zero-order valence-corrected chi connectivity index (χ0v) is 16.5. The lowest BCUT2D eigenvalue weighted by Crippen LogP contribution is -2.53. The zero-order chi connectivity index (χ0) is 20.7. The van der Waals surface area contributed by atoms with E-state index in [0.29, 0.717) is 37.4 Å². The third kappa shape index (κ3) is 5.01. The summed E-state index contributed by atoms with van der Waals surface area (Å²) in [6, 6.07) is 5.94. The molecule has 0 radical (unpaired) electrons. The molecule has 0 aliphatic carbocycles. The van der Waals surface area contributed by atoms with E-state index in [4.69, 9.17) is 9.47 Å². The highest BCUT2D eigenvalue weighted by Crippen LogP contribution is 2.30. The van der Waals surface area contributed by atoms with E-state index in [1.54, 1.807) is 24.3 Å². The van der Waals surface area contributed by atoms with E-state index in [-0.39, 0.29) is 12.5 Å². The van der Waals surface area contributed by atoms with Gasteiger partial charge >= 0.3 is 5.97 Å². The first-order valence-corrected chi connectivity index (χ1v) is 9.33. The quantitative estimate of drug-likeness (QED) is 0.617. The standard InChI is InChI=1S/C20H28N2O6/c1-13(2)16(22-17(23)14-6-4-5-7-15(14)27-3)18(24)21-12-20(19(25)26)8-10-28-11-9-20/h4-7,13,16H,8-12H2,1-3H3,(H,21,24)(H,22,23)(H,25,26). The van der Waals surface area contributed by atoms with Crippen molar-refractivity contribution in [2.24, 2.45) is 11.3 Å². The number of carboxylic acid groups (broad SMARTS) is 1. The van der Waals surface area contributed by atoms with Crippen molar-refractivity contribution >= 4 is 17.8 Å². The highest BCUT2D eigenvalue weighted by molar-refractivity contribution is 5.99. The van der Waals surface area contributed by atoms with Crippen LogP contribution in [0, 0.1) is 11.3 Å². The number of amides is 2. The predicted molar refractivity (Wildman–Crippen MR) is 102 cm³/mol. The number of hydrogen-bond acceptors (Lipinski definition) is 5. The predicted octanol–water partition coefficient (Wildman–Crippen LogP) is 1.45. The Morgan fingerprint density at radius 1 is 1.21 bits per heavy atom. The minimum atomic E-state index is -1.04. The van der Waals surface area contributed by atoms with Crippen molar-refractivity contribution in [1.82, 2.24) is 10.6 Å². The highest BCUT2D eigenvalue weighted by atomic mass is 16.5. The summed E-state index contributed by atoms with van der Waals surface area (Å²) in [6.45, 7) is 4.32. The van der Waals surface area contributed by atoms with Gasteiger partial charge in [0.05, 0.1) is 18.1 Å². The molecule has 28 heavy (non-hydrogen) atoms. The monoisotopic (exact) mass is 392 g/mol. The van der Waals surface area contributed by atoms with Gasteiger partial charge in [0.2, 0.25) is 5.91 Å². The number of aliphatic carboxylic acids is 1. The smallest absolute Gasteiger partial charge is 0.311 e. The van der Waals surface area contributed by atoms with Crippen molar-refractivity contribution in [3.8, 4) is 5.75 Å². The van der Waals surface area contributed by atoms with Gasteiger partial charge in [-0.05, 0) is 30.9 Å². The molecule has 1 aromatic carbocycles. The van der Waals surface area contributed by atoms with Crippen LogP contribution in [0.2, 0.25) is 0 Å². The summed E-state index contributed by atoms with van der Waals surface area (Å²) in [4.78, 5) is 37.1. The normalized spacial score (nSPS) is 16.9. The van der Waals surface area contributed by atoms with Crippen LogP contribution >= 0.6 is 0 Å². The van der Waals surface area contributed by atoms with Gasteiger partial charge in [-0.1, -0.05) is 26.0 Å². The molecule has 0 aromatic heterocycles. The van der Waals surface area contributed by atoms with E-state index in [9.17, 15) is 19.5 Å². The lowest BCUT2D eigenvalue weighted by molar-refractivity contribution is -0.154. The Labute approximate surface area is 164 Å². The molecule has 1 saturated heterocycles. The van der Waals surface area contributed by atoms with Crippen molar-refractivity contribution in [2.45, 2.75) is 32.7 Å². The van der Waals surface area contributed by atoms with E-state index >= 15 is 0 Å². The Hall–Kier alpha value is -2.61. The molecule has 2 amide bonds. The van der Waals surface area contributed by atoms with Crippen LogP contribution in [0.3, 0.4) is 0 Å². The molecule has 0 saturated carbocycles. The summed E-state index contributed by atoms with van der Waals surface area (Å²) in [5, 5.41) is 15.1. The fourth-order valence-electron chi connectivity index (χ4n) is 3.18. The second-order valence-corrected chi connectivity index (χ2v) is 7.31. The van der Waals surface area contributed by atoms with Crippen molar-refractivity contribution in [1.29, 1.82) is 0 Å². The van der Waals surface area contributed by atoms with Crippen molar-refractivity contribution in [3.63, 3.8) is 0 Å². The number of para-hydroxylation sites is 1. The zero-order valence-electron chi connectivity index (χ0n) is 16.5. The maximum Gasteiger partial charge on any atom is 0.311 e. The molecule has 1 unspecified atom stereocenters. The molecule has 1 aromatic rings. The van der Waals surface area contributed by atoms with Gasteiger partial charge in [-0.25, -0.2) is 0 Å². The number of carbonyl (C=O) groups is 3. The van der Waals surface area contributed by atoms with Gasteiger partial charge < -0.3 is 25.2 Å². The van der Waals surface area contributed by atoms with E-state index in [1.807, 2.05) is 13.8 Å². The van der Waals surface area contributed by atoms with Gasteiger partial charge in [0.15, 0.2) is 0 Å². The number of carboxylic acids is 1. The van der Waals surface area contributed by atoms with Gasteiger partial charge in [-0.15, -0.1) is 0 Å². The van der Waals surface area contributed by atoms with Crippen LogP contribution < -0.4 is 15.4 Å². The summed E-state index contributed by atoms with van der Waals surface area (Å²) in [5.74, 6) is -1.56. The Morgan fingerprint density at radius 3 is 2.43 bits per heavy atom. The second kappa shape index (κ2) is 9.54. The van der Waals surface area contributed by atoms with E-state index in [1.165, 1.54) is 7.11 Å². The lowest BCUT2D eigenvalue weighted by atomic mass is 9.80. The molecule has 8 heteroatoms. The van der Waals surface area contributed by atoms with Gasteiger partial charge in [-0.3, -0.25) is 14.4 Å². The van der Waals surface area contributed by atoms with Gasteiger partial charge in [0.25, 0.3) is 5.91 Å². The van der Waals surface area contributed by atoms with Gasteiger partial charge in [0, 0.05) is 19.8 Å². The van der Waals surface area contributed by atoms with Crippen molar-refractivity contribution in [3.05, 3.63) is 29.8 Å². The summed E-state index contributed by atoms with van der Waals surface area (Å²) < 4.78 is 10.4. The Kier molecular flexibility index (Phi) is 7.39. The molecule has 1 atom stereocenters. The fraction of sp³-hybridized carbons (Fsp3) is 0.550. The maximum absolute atomic E-state index is 12.7. The number of rotatable bonds is 8. The van der Waals surface area contributed by atoms with Crippen molar-refractivity contribution in [2.75, 3.05) is 26.9 Å². The second-order valence-electron chi connectivity index (χ2n) is 7.31. The van der Waals surface area contributed by atoms with Crippen molar-refractivity contribution < 1.29 is 29.0 Å². The minimum Gasteiger partial charge on any atom is -0.496 e. The molecule has 1 fully saturated rings. The molecule has 3 N–H and O–H groups in total. The van der Waals surface area contributed by atoms with Crippen LogP contribution in [0.4, 0.5) is 0 Å². The number of hydrogen-bond donors (Lipinski definition) is 3. The first-order chi connectivity index (χ1) is 13.3. The highest BCUT2D eigenvalue weighted by Gasteiger charge is 2.41. The Bertz CT molecular complexity index is 712. The third-order valence-corrected chi connectivity index (χ3v) is 5.09. The molecule has 154 valence electrons. The SMILES string of the molecule is COc1ccccc1C(=O)NC(C(=O)NCC1(C(=O)O)CCOCC1)C(C)C. The molecule has 1 aliphatic heterocycles. The molecular formula is C20H28N2O6. The van der Waals surface area contributed by atoms with Gasteiger partial charge in [-0.2, -0.15) is 0 Å². The molecule has 1 heterocycles. The van der Waals surface area contributed by atoms with Gasteiger partial charge in [0.1, 0.15) is 11.8 Å². The molecule has 8 nitrogen and oxygen atoms in total. The maximum atomic E-state index is 12.7. The van der Waals surface area contributed by atoms with E-state index < -0.39 is 29.2 Å². The van der Waals surface area contributed by atoms with Crippen LogP contribution in [-0.2, 0) is 14.3 Å². The number of carbonyl (C=O) groups excluding carboxylic acids is 2. The summed E-state index contributed by atoms with van der Waals surface area (Å²) in [5.41, 5.74) is -0.711. The fourth-order valence-corrected chi connectivity index (χ4v) is 3.18. The topological polar surface area (TPSA) is 114 Å². The first kappa shape index (κ1) is 21.7. The number of methoxy groups -OCH3 is 1. The Balaban J connectivity index is 2.07. The average Bonchev–Trinajstić information content (AvgIpc) is 2.70. The largest absolute Gasteiger partial charge is 0.496 e. The molecule has 2 rings (SSSR count). The summed E-state index contributed by atoms with van der Waals surface area (Å²) in [7, 11) is 1.47. The number of nitrogens with one attached hydrogen (secondary N) is 2. The Morgan fingerprint density at radius 2 is 1.86 bits per heavy atom. The van der Waals surface area contributed by atoms with Crippen LogP contribution in [0.15, 0.2) is 24.3 Å². The molecule has 0 bridgehead atoms. The van der Waals surface area contributed by atoms with E-state index in [2.05, 4.69) is 10.6 Å². The van der Waals surface area contributed by atoms with Crippen LogP contribution in [0.1, 0.15) is 37.0 Å². The molecule has 0 spiro atoms.